The standard InChI is InChI=1S/C16H27NO/c1-4-11-18-15-9-6-8-14(12-15)16(17)10-5-7-13(2)3/h6,8-9,12-13,16H,4-5,7,10-11,17H2,1-3H3. The Balaban J connectivity index is 2.48. The molecule has 0 fully saturated rings. The maximum atomic E-state index is 6.22. The number of rotatable bonds is 8. The van der Waals surface area contributed by atoms with Crippen LogP contribution in [0.15, 0.2) is 24.3 Å². The Labute approximate surface area is 112 Å². The lowest BCUT2D eigenvalue weighted by atomic mass is 9.98. The Morgan fingerprint density at radius 3 is 2.67 bits per heavy atom. The average Bonchev–Trinajstić information content (AvgIpc) is 2.36. The van der Waals surface area contributed by atoms with Crippen molar-refractivity contribution < 1.29 is 4.74 Å². The first kappa shape index (κ1) is 15.0. The predicted molar refractivity (Wildman–Crippen MR) is 77.8 cm³/mol. The maximum Gasteiger partial charge on any atom is 0.119 e. The van der Waals surface area contributed by atoms with Gasteiger partial charge < -0.3 is 10.5 Å². The van der Waals surface area contributed by atoms with Gasteiger partial charge in [0, 0.05) is 6.04 Å². The molecule has 0 aliphatic carbocycles. The van der Waals surface area contributed by atoms with Crippen LogP contribution in [-0.4, -0.2) is 6.61 Å². The first-order valence-electron chi connectivity index (χ1n) is 7.11. The minimum absolute atomic E-state index is 0.133. The van der Waals surface area contributed by atoms with Gasteiger partial charge in [-0.3, -0.25) is 0 Å². The van der Waals surface area contributed by atoms with Crippen LogP contribution in [0.1, 0.15) is 58.1 Å². The Morgan fingerprint density at radius 1 is 1.22 bits per heavy atom. The lowest BCUT2D eigenvalue weighted by Crippen LogP contribution is -2.10. The van der Waals surface area contributed by atoms with Crippen LogP contribution in [0, 0.1) is 5.92 Å². The molecule has 0 radical (unpaired) electrons. The van der Waals surface area contributed by atoms with Gasteiger partial charge in [0.2, 0.25) is 0 Å². The van der Waals surface area contributed by atoms with Crippen molar-refractivity contribution in [2.24, 2.45) is 11.7 Å². The summed E-state index contributed by atoms with van der Waals surface area (Å²) < 4.78 is 5.63. The van der Waals surface area contributed by atoms with Crippen molar-refractivity contribution >= 4 is 0 Å². The molecule has 18 heavy (non-hydrogen) atoms. The summed E-state index contributed by atoms with van der Waals surface area (Å²) in [6.45, 7) is 7.39. The van der Waals surface area contributed by atoms with Crippen molar-refractivity contribution in [2.45, 2.75) is 52.5 Å². The zero-order valence-corrected chi connectivity index (χ0v) is 12.0. The third kappa shape index (κ3) is 5.54. The fourth-order valence-electron chi connectivity index (χ4n) is 1.97. The van der Waals surface area contributed by atoms with E-state index in [2.05, 4.69) is 32.9 Å². The molecule has 0 spiro atoms. The molecule has 0 amide bonds. The third-order valence-electron chi connectivity index (χ3n) is 3.06. The molecule has 0 aliphatic rings. The number of nitrogens with two attached hydrogens (primary N) is 1. The van der Waals surface area contributed by atoms with Crippen molar-refractivity contribution in [1.82, 2.24) is 0 Å². The number of hydrogen-bond acceptors (Lipinski definition) is 2. The van der Waals surface area contributed by atoms with E-state index >= 15 is 0 Å². The van der Waals surface area contributed by atoms with Crippen LogP contribution in [0.3, 0.4) is 0 Å². The lowest BCUT2D eigenvalue weighted by molar-refractivity contribution is 0.317. The van der Waals surface area contributed by atoms with E-state index in [4.69, 9.17) is 10.5 Å². The summed E-state index contributed by atoms with van der Waals surface area (Å²) in [7, 11) is 0. The normalized spacial score (nSPS) is 12.7. The monoisotopic (exact) mass is 249 g/mol. The van der Waals surface area contributed by atoms with E-state index in [1.807, 2.05) is 12.1 Å². The first-order chi connectivity index (χ1) is 8.63. The summed E-state index contributed by atoms with van der Waals surface area (Å²) in [5.41, 5.74) is 7.41. The van der Waals surface area contributed by atoms with Gasteiger partial charge in [-0.2, -0.15) is 0 Å². The van der Waals surface area contributed by atoms with Crippen molar-refractivity contribution in [2.75, 3.05) is 6.61 Å². The first-order valence-corrected chi connectivity index (χ1v) is 7.11. The van der Waals surface area contributed by atoms with Crippen LogP contribution in [0.25, 0.3) is 0 Å². The van der Waals surface area contributed by atoms with Gasteiger partial charge in [0.05, 0.1) is 6.61 Å². The molecule has 0 saturated heterocycles. The predicted octanol–water partition coefficient (Wildman–Crippen LogP) is 4.30. The molecule has 1 unspecified atom stereocenters. The fourth-order valence-corrected chi connectivity index (χ4v) is 1.97. The SMILES string of the molecule is CCCOc1cccc(C(N)CCCC(C)C)c1. The van der Waals surface area contributed by atoms with Gasteiger partial charge in [-0.25, -0.2) is 0 Å². The molecule has 1 aromatic rings. The van der Waals surface area contributed by atoms with Crippen molar-refractivity contribution in [3.05, 3.63) is 29.8 Å². The van der Waals surface area contributed by atoms with Crippen LogP contribution >= 0.6 is 0 Å². The molecule has 102 valence electrons. The molecule has 1 aromatic carbocycles. The summed E-state index contributed by atoms with van der Waals surface area (Å²) in [5, 5.41) is 0. The molecular weight excluding hydrogens is 222 g/mol. The smallest absolute Gasteiger partial charge is 0.119 e. The molecule has 0 aromatic heterocycles. The second kappa shape index (κ2) is 8.15. The average molecular weight is 249 g/mol. The van der Waals surface area contributed by atoms with Gasteiger partial charge >= 0.3 is 0 Å². The van der Waals surface area contributed by atoms with Gasteiger partial charge in [0.1, 0.15) is 5.75 Å². The topological polar surface area (TPSA) is 35.2 Å². The number of ether oxygens (including phenoxy) is 1. The quantitative estimate of drug-likeness (QED) is 0.745. The van der Waals surface area contributed by atoms with Crippen LogP contribution in [0.4, 0.5) is 0 Å². The highest BCUT2D eigenvalue weighted by atomic mass is 16.5. The fraction of sp³-hybridized carbons (Fsp3) is 0.625. The van der Waals surface area contributed by atoms with Gasteiger partial charge in [0.15, 0.2) is 0 Å². The zero-order chi connectivity index (χ0) is 13.4. The molecule has 2 nitrogen and oxygen atoms in total. The van der Waals surface area contributed by atoms with Crippen LogP contribution in [0.2, 0.25) is 0 Å². The summed E-state index contributed by atoms with van der Waals surface area (Å²) in [5.74, 6) is 1.70. The second-order valence-corrected chi connectivity index (χ2v) is 5.35. The Morgan fingerprint density at radius 2 is 2.00 bits per heavy atom. The van der Waals surface area contributed by atoms with E-state index < -0.39 is 0 Å². The van der Waals surface area contributed by atoms with E-state index in [0.717, 1.165) is 31.1 Å². The molecule has 2 heteroatoms. The Hall–Kier alpha value is -1.02. The molecule has 0 saturated carbocycles. The van der Waals surface area contributed by atoms with Crippen LogP contribution in [0.5, 0.6) is 5.75 Å². The Bertz CT molecular complexity index is 336. The highest BCUT2D eigenvalue weighted by Crippen LogP contribution is 2.22. The molecular formula is C16H27NO. The largest absolute Gasteiger partial charge is 0.494 e. The van der Waals surface area contributed by atoms with Gasteiger partial charge in [-0.05, 0) is 36.5 Å². The minimum atomic E-state index is 0.133. The minimum Gasteiger partial charge on any atom is -0.494 e. The van der Waals surface area contributed by atoms with Crippen LogP contribution < -0.4 is 10.5 Å². The molecule has 0 heterocycles. The van der Waals surface area contributed by atoms with E-state index in [9.17, 15) is 0 Å². The molecule has 0 bridgehead atoms. The van der Waals surface area contributed by atoms with Gasteiger partial charge in [-0.1, -0.05) is 45.7 Å². The van der Waals surface area contributed by atoms with Crippen LogP contribution in [-0.2, 0) is 0 Å². The van der Waals surface area contributed by atoms with Gasteiger partial charge in [-0.15, -0.1) is 0 Å². The van der Waals surface area contributed by atoms with Crippen molar-refractivity contribution in [1.29, 1.82) is 0 Å². The summed E-state index contributed by atoms with van der Waals surface area (Å²) in [4.78, 5) is 0. The summed E-state index contributed by atoms with van der Waals surface area (Å²) in [6, 6.07) is 8.34. The summed E-state index contributed by atoms with van der Waals surface area (Å²) in [6.07, 6.45) is 4.53. The van der Waals surface area contributed by atoms with Gasteiger partial charge in [0.25, 0.3) is 0 Å². The van der Waals surface area contributed by atoms with Crippen molar-refractivity contribution in [3.8, 4) is 5.75 Å². The molecule has 2 N–H and O–H groups in total. The van der Waals surface area contributed by atoms with E-state index in [1.54, 1.807) is 0 Å². The molecule has 1 atom stereocenters. The second-order valence-electron chi connectivity index (χ2n) is 5.35. The maximum absolute atomic E-state index is 6.22. The van der Waals surface area contributed by atoms with E-state index in [1.165, 1.54) is 18.4 Å². The highest BCUT2D eigenvalue weighted by Gasteiger charge is 2.07. The van der Waals surface area contributed by atoms with Crippen molar-refractivity contribution in [3.63, 3.8) is 0 Å². The third-order valence-corrected chi connectivity index (χ3v) is 3.06. The Kier molecular flexibility index (Phi) is 6.81. The summed E-state index contributed by atoms with van der Waals surface area (Å²) >= 11 is 0. The number of benzene rings is 1. The van der Waals surface area contributed by atoms with E-state index in [-0.39, 0.29) is 6.04 Å². The zero-order valence-electron chi connectivity index (χ0n) is 12.0. The highest BCUT2D eigenvalue weighted by molar-refractivity contribution is 5.30. The van der Waals surface area contributed by atoms with E-state index in [0.29, 0.717) is 0 Å². The molecule has 1 rings (SSSR count). The molecule has 0 aliphatic heterocycles. The number of hydrogen-bond donors (Lipinski definition) is 1. The lowest BCUT2D eigenvalue weighted by Gasteiger charge is -2.14.